The van der Waals surface area contributed by atoms with Gasteiger partial charge in [0.2, 0.25) is 0 Å². The van der Waals surface area contributed by atoms with Crippen molar-refractivity contribution in [3.05, 3.63) is 93.2 Å². The highest BCUT2D eigenvalue weighted by Crippen LogP contribution is 2.20. The minimum atomic E-state index is -0.111. The van der Waals surface area contributed by atoms with Crippen molar-refractivity contribution in [3.63, 3.8) is 0 Å². The average molecular weight is 380 g/mol. The molecule has 0 aliphatic heterocycles. The normalized spacial score (nSPS) is 11.0. The molecule has 4 nitrogen and oxygen atoms in total. The number of halogens is 1. The monoisotopic (exact) mass is 379 g/mol. The van der Waals surface area contributed by atoms with Gasteiger partial charge in [-0.05, 0) is 57.9 Å². The molecule has 0 saturated carbocycles. The molecule has 0 unspecified atom stereocenters. The van der Waals surface area contributed by atoms with Gasteiger partial charge in [-0.25, -0.2) is 4.98 Å². The predicted molar refractivity (Wildman–Crippen MR) is 98.6 cm³/mol. The van der Waals surface area contributed by atoms with E-state index in [2.05, 4.69) is 54.7 Å². The van der Waals surface area contributed by atoms with Gasteiger partial charge in [0.1, 0.15) is 5.82 Å². The van der Waals surface area contributed by atoms with Crippen molar-refractivity contribution in [3.8, 4) is 5.69 Å². The molecule has 24 heavy (non-hydrogen) atoms. The highest BCUT2D eigenvalue weighted by atomic mass is 79.9. The molecule has 0 spiro atoms. The Bertz CT molecular complexity index is 1050. The lowest BCUT2D eigenvalue weighted by atomic mass is 10.1. The van der Waals surface area contributed by atoms with E-state index in [1.165, 1.54) is 0 Å². The summed E-state index contributed by atoms with van der Waals surface area (Å²) in [4.78, 5) is 19.7. The van der Waals surface area contributed by atoms with Crippen LogP contribution >= 0.6 is 15.9 Å². The number of hydrogen-bond acceptors (Lipinski definition) is 2. The summed E-state index contributed by atoms with van der Waals surface area (Å²) < 4.78 is 2.88. The Hall–Kier alpha value is -2.66. The van der Waals surface area contributed by atoms with E-state index in [1.807, 2.05) is 36.7 Å². The fourth-order valence-corrected chi connectivity index (χ4v) is 3.20. The van der Waals surface area contributed by atoms with Crippen LogP contribution in [0, 0.1) is 0 Å². The molecule has 2 heterocycles. The van der Waals surface area contributed by atoms with Crippen LogP contribution in [0.1, 0.15) is 11.4 Å². The third kappa shape index (κ3) is 2.78. The number of nitrogens with zero attached hydrogens (tertiary/aromatic N) is 2. The van der Waals surface area contributed by atoms with E-state index in [1.54, 1.807) is 6.07 Å². The lowest BCUT2D eigenvalue weighted by Gasteiger charge is -2.07. The maximum atomic E-state index is 12.2. The number of benzene rings is 2. The molecule has 0 aliphatic carbocycles. The van der Waals surface area contributed by atoms with Gasteiger partial charge in [-0.1, -0.05) is 18.2 Å². The first-order chi connectivity index (χ1) is 11.7. The first-order valence-corrected chi connectivity index (χ1v) is 8.40. The summed E-state index contributed by atoms with van der Waals surface area (Å²) in [6, 6.07) is 17.7. The van der Waals surface area contributed by atoms with E-state index in [0.29, 0.717) is 23.1 Å². The molecule has 4 aromatic rings. The van der Waals surface area contributed by atoms with Crippen LogP contribution in [0.15, 0.2) is 76.3 Å². The minimum absolute atomic E-state index is 0.111. The molecule has 0 bridgehead atoms. The van der Waals surface area contributed by atoms with Crippen LogP contribution in [-0.4, -0.2) is 14.5 Å². The molecule has 5 heteroatoms. The molecule has 2 aromatic heterocycles. The van der Waals surface area contributed by atoms with E-state index in [-0.39, 0.29) is 5.56 Å². The van der Waals surface area contributed by atoms with Crippen molar-refractivity contribution in [2.45, 2.75) is 6.42 Å². The first-order valence-electron chi connectivity index (χ1n) is 7.60. The van der Waals surface area contributed by atoms with Crippen LogP contribution in [-0.2, 0) is 6.42 Å². The Balaban J connectivity index is 1.67. The zero-order valence-electron chi connectivity index (χ0n) is 12.7. The summed E-state index contributed by atoms with van der Waals surface area (Å²) in [5.41, 5.74) is 2.78. The third-order valence-electron chi connectivity index (χ3n) is 3.95. The first kappa shape index (κ1) is 14.9. The van der Waals surface area contributed by atoms with Gasteiger partial charge in [0, 0.05) is 29.0 Å². The summed E-state index contributed by atoms with van der Waals surface area (Å²) in [6.45, 7) is 0. The van der Waals surface area contributed by atoms with Gasteiger partial charge < -0.3 is 9.55 Å². The van der Waals surface area contributed by atoms with Crippen LogP contribution in [0.2, 0.25) is 0 Å². The Morgan fingerprint density at radius 1 is 1.00 bits per heavy atom. The van der Waals surface area contributed by atoms with Crippen LogP contribution < -0.4 is 5.56 Å². The summed E-state index contributed by atoms with van der Waals surface area (Å²) >= 11 is 3.46. The maximum Gasteiger partial charge on any atom is 0.258 e. The zero-order valence-corrected chi connectivity index (χ0v) is 14.3. The quantitative estimate of drug-likeness (QED) is 0.583. The molecule has 0 amide bonds. The van der Waals surface area contributed by atoms with E-state index in [4.69, 9.17) is 0 Å². The lowest BCUT2D eigenvalue weighted by molar-refractivity contribution is 0.969. The number of hydrogen-bond donors (Lipinski definition) is 1. The van der Waals surface area contributed by atoms with Crippen molar-refractivity contribution in [2.75, 3.05) is 0 Å². The standard InChI is InChI=1S/C19H14BrN3O/c20-16-5-3-4-15-18(16)21-17(22-19(15)24)12-13-6-8-14(9-7-13)23-10-1-2-11-23/h1-11H,12H2,(H,21,22,24). The highest BCUT2D eigenvalue weighted by molar-refractivity contribution is 9.10. The highest BCUT2D eigenvalue weighted by Gasteiger charge is 2.07. The Kier molecular flexibility index (Phi) is 3.78. The number of fused-ring (bicyclic) bond motifs is 1. The number of nitrogens with one attached hydrogen (secondary N) is 1. The van der Waals surface area contributed by atoms with E-state index >= 15 is 0 Å². The van der Waals surface area contributed by atoms with Crippen LogP contribution in [0.4, 0.5) is 0 Å². The number of aromatic amines is 1. The zero-order chi connectivity index (χ0) is 16.5. The maximum absolute atomic E-state index is 12.2. The smallest absolute Gasteiger partial charge is 0.258 e. The lowest BCUT2D eigenvalue weighted by Crippen LogP contribution is -2.12. The van der Waals surface area contributed by atoms with E-state index in [0.717, 1.165) is 15.7 Å². The molecule has 0 saturated heterocycles. The van der Waals surface area contributed by atoms with Crippen molar-refractivity contribution in [1.29, 1.82) is 0 Å². The van der Waals surface area contributed by atoms with Crippen LogP contribution in [0.3, 0.4) is 0 Å². The molecule has 0 radical (unpaired) electrons. The van der Waals surface area contributed by atoms with Gasteiger partial charge in [0.15, 0.2) is 0 Å². The summed E-state index contributed by atoms with van der Waals surface area (Å²) in [7, 11) is 0. The predicted octanol–water partition coefficient (Wildman–Crippen LogP) is 4.07. The van der Waals surface area contributed by atoms with Gasteiger partial charge >= 0.3 is 0 Å². The molecule has 1 N–H and O–H groups in total. The molecule has 118 valence electrons. The number of H-pyrrole nitrogens is 1. The molecule has 0 fully saturated rings. The summed E-state index contributed by atoms with van der Waals surface area (Å²) in [5, 5.41) is 0.594. The van der Waals surface area contributed by atoms with E-state index in [9.17, 15) is 4.79 Å². The fourth-order valence-electron chi connectivity index (χ4n) is 2.74. The van der Waals surface area contributed by atoms with Crippen molar-refractivity contribution >= 4 is 26.8 Å². The van der Waals surface area contributed by atoms with Crippen LogP contribution in [0.25, 0.3) is 16.6 Å². The molecule has 2 aromatic carbocycles. The average Bonchev–Trinajstić information content (AvgIpc) is 3.11. The molecule has 0 aliphatic rings. The second-order valence-electron chi connectivity index (χ2n) is 5.58. The largest absolute Gasteiger partial charge is 0.324 e. The summed E-state index contributed by atoms with van der Waals surface area (Å²) in [6.07, 6.45) is 4.60. The van der Waals surface area contributed by atoms with Gasteiger partial charge in [-0.3, -0.25) is 4.79 Å². The van der Waals surface area contributed by atoms with Gasteiger partial charge in [0.25, 0.3) is 5.56 Å². The SMILES string of the molecule is O=c1[nH]c(Cc2ccc(-n3cccc3)cc2)nc2c(Br)cccc12. The van der Waals surface area contributed by atoms with Crippen molar-refractivity contribution in [1.82, 2.24) is 14.5 Å². The van der Waals surface area contributed by atoms with Gasteiger partial charge in [-0.15, -0.1) is 0 Å². The Labute approximate surface area is 146 Å². The minimum Gasteiger partial charge on any atom is -0.324 e. The molecular weight excluding hydrogens is 366 g/mol. The second-order valence-corrected chi connectivity index (χ2v) is 6.44. The molecular formula is C19H14BrN3O. The van der Waals surface area contributed by atoms with Crippen molar-refractivity contribution < 1.29 is 0 Å². The van der Waals surface area contributed by atoms with Gasteiger partial charge in [-0.2, -0.15) is 0 Å². The van der Waals surface area contributed by atoms with Crippen LogP contribution in [0.5, 0.6) is 0 Å². The number of para-hydroxylation sites is 1. The fraction of sp³-hybridized carbons (Fsp3) is 0.0526. The Morgan fingerprint density at radius 2 is 1.75 bits per heavy atom. The molecule has 4 rings (SSSR count). The topological polar surface area (TPSA) is 50.7 Å². The van der Waals surface area contributed by atoms with E-state index < -0.39 is 0 Å². The van der Waals surface area contributed by atoms with Gasteiger partial charge in [0.05, 0.1) is 10.9 Å². The summed E-state index contributed by atoms with van der Waals surface area (Å²) in [5.74, 6) is 0.660. The number of rotatable bonds is 3. The Morgan fingerprint density at radius 3 is 2.50 bits per heavy atom. The molecule has 0 atom stereocenters. The second kappa shape index (κ2) is 6.09. The third-order valence-corrected chi connectivity index (χ3v) is 4.59. The number of aromatic nitrogens is 3. The van der Waals surface area contributed by atoms with Crippen molar-refractivity contribution in [2.24, 2.45) is 0 Å².